The molecule has 0 radical (unpaired) electrons. The molecule has 4 unspecified atom stereocenters. The summed E-state index contributed by atoms with van der Waals surface area (Å²) in [5.41, 5.74) is 2.85. The van der Waals surface area contributed by atoms with Crippen LogP contribution in [0.2, 0.25) is 0 Å². The van der Waals surface area contributed by atoms with Crippen LogP contribution in [0.15, 0.2) is 36.4 Å². The smallest absolute Gasteiger partial charge is 0.251 e. The van der Waals surface area contributed by atoms with E-state index in [0.29, 0.717) is 23.6 Å². The lowest BCUT2D eigenvalue weighted by Gasteiger charge is -2.34. The molecule has 0 spiro atoms. The summed E-state index contributed by atoms with van der Waals surface area (Å²) < 4.78 is 12.2. The molecular formula is C26H30N6O3. The molecule has 3 aliphatic heterocycles. The Balaban J connectivity index is 1.45. The van der Waals surface area contributed by atoms with E-state index in [2.05, 4.69) is 22.5 Å². The van der Waals surface area contributed by atoms with Crippen LogP contribution in [-0.4, -0.2) is 72.4 Å². The molecule has 1 aromatic carbocycles. The van der Waals surface area contributed by atoms with E-state index in [0.717, 1.165) is 54.9 Å². The Kier molecular flexibility index (Phi) is 5.83. The van der Waals surface area contributed by atoms with E-state index < -0.39 is 0 Å². The van der Waals surface area contributed by atoms with E-state index in [1.807, 2.05) is 30.3 Å². The molecule has 6 rings (SSSR count). The molecule has 3 aliphatic rings. The number of carbonyl (C=O) groups is 1. The molecule has 182 valence electrons. The van der Waals surface area contributed by atoms with E-state index in [1.54, 1.807) is 13.1 Å². The van der Waals surface area contributed by atoms with Crippen LogP contribution in [0.4, 0.5) is 5.82 Å². The van der Waals surface area contributed by atoms with Crippen molar-refractivity contribution < 1.29 is 14.3 Å². The molecule has 5 heterocycles. The third-order valence-corrected chi connectivity index (χ3v) is 7.12. The van der Waals surface area contributed by atoms with Crippen LogP contribution in [0.25, 0.3) is 22.3 Å². The number of nitrogens with one attached hydrogen (secondary N) is 2. The molecule has 1 amide bonds. The van der Waals surface area contributed by atoms with E-state index in [4.69, 9.17) is 24.4 Å². The Morgan fingerprint density at radius 3 is 2.71 bits per heavy atom. The van der Waals surface area contributed by atoms with Gasteiger partial charge in [0.05, 0.1) is 29.9 Å². The van der Waals surface area contributed by atoms with Gasteiger partial charge in [0.2, 0.25) is 0 Å². The van der Waals surface area contributed by atoms with Gasteiger partial charge in [0.25, 0.3) is 5.91 Å². The molecule has 3 fully saturated rings. The number of anilines is 1. The first-order chi connectivity index (χ1) is 17.1. The van der Waals surface area contributed by atoms with Crippen LogP contribution >= 0.6 is 0 Å². The minimum atomic E-state index is -0.244. The van der Waals surface area contributed by atoms with Gasteiger partial charge in [-0.15, -0.1) is 0 Å². The fourth-order valence-corrected chi connectivity index (χ4v) is 5.31. The topological polar surface area (TPSA) is 102 Å². The van der Waals surface area contributed by atoms with Crippen LogP contribution < -0.4 is 15.5 Å². The molecule has 2 N–H and O–H groups in total. The maximum atomic E-state index is 12.1. The average Bonchev–Trinajstić information content (AvgIpc) is 3.24. The lowest BCUT2D eigenvalue weighted by atomic mass is 10.1. The van der Waals surface area contributed by atoms with Crippen LogP contribution in [-0.2, 0) is 9.47 Å². The molecule has 35 heavy (non-hydrogen) atoms. The van der Waals surface area contributed by atoms with Gasteiger partial charge in [0, 0.05) is 43.9 Å². The summed E-state index contributed by atoms with van der Waals surface area (Å²) in [7, 11) is 1.63. The summed E-state index contributed by atoms with van der Waals surface area (Å²) in [6.45, 7) is 5.16. The number of morpholine rings is 2. The van der Waals surface area contributed by atoms with Gasteiger partial charge in [-0.1, -0.05) is 12.1 Å². The molecule has 0 aliphatic carbocycles. The van der Waals surface area contributed by atoms with Crippen molar-refractivity contribution in [2.75, 3.05) is 38.2 Å². The first-order valence-corrected chi connectivity index (χ1v) is 12.4. The fraction of sp³-hybridized carbons (Fsp3) is 0.462. The SMILES string of the molecule is CNC(=O)c1cccc(-c2ccc3c(N4CC5CCC(C4)O5)nc(C4OCCNC4C)nc3n2)c1. The molecule has 4 atom stereocenters. The van der Waals surface area contributed by atoms with E-state index >= 15 is 0 Å². The van der Waals surface area contributed by atoms with Crippen LogP contribution in [0.3, 0.4) is 0 Å². The molecule has 3 aromatic rings. The Bertz CT molecular complexity index is 1260. The maximum absolute atomic E-state index is 12.1. The zero-order valence-corrected chi connectivity index (χ0v) is 20.0. The number of benzene rings is 1. The van der Waals surface area contributed by atoms with E-state index in [9.17, 15) is 4.79 Å². The predicted octanol–water partition coefficient (Wildman–Crippen LogP) is 2.47. The first kappa shape index (κ1) is 22.3. The number of amides is 1. The molecule has 3 saturated heterocycles. The van der Waals surface area contributed by atoms with Crippen LogP contribution in [0.5, 0.6) is 0 Å². The normalized spacial score (nSPS) is 26.2. The van der Waals surface area contributed by atoms with Crippen molar-refractivity contribution in [2.45, 2.75) is 44.1 Å². The van der Waals surface area contributed by atoms with Crippen molar-refractivity contribution >= 4 is 22.8 Å². The highest BCUT2D eigenvalue weighted by atomic mass is 16.5. The highest BCUT2D eigenvalue weighted by Gasteiger charge is 2.36. The van der Waals surface area contributed by atoms with Gasteiger partial charge in [0.15, 0.2) is 11.5 Å². The van der Waals surface area contributed by atoms with Crippen molar-refractivity contribution in [2.24, 2.45) is 0 Å². The van der Waals surface area contributed by atoms with Crippen molar-refractivity contribution in [3.05, 3.63) is 47.8 Å². The number of ether oxygens (including phenoxy) is 2. The third-order valence-electron chi connectivity index (χ3n) is 7.12. The minimum absolute atomic E-state index is 0.0994. The zero-order chi connectivity index (χ0) is 23.9. The maximum Gasteiger partial charge on any atom is 0.251 e. The number of aromatic nitrogens is 3. The van der Waals surface area contributed by atoms with Gasteiger partial charge in [-0.05, 0) is 44.0 Å². The summed E-state index contributed by atoms with van der Waals surface area (Å²) in [4.78, 5) is 29.4. The molecular weight excluding hydrogens is 444 g/mol. The van der Waals surface area contributed by atoms with Crippen molar-refractivity contribution in [1.29, 1.82) is 0 Å². The predicted molar refractivity (Wildman–Crippen MR) is 132 cm³/mol. The second-order valence-electron chi connectivity index (χ2n) is 9.53. The van der Waals surface area contributed by atoms with Crippen LogP contribution in [0, 0.1) is 0 Å². The van der Waals surface area contributed by atoms with Gasteiger partial charge in [0.1, 0.15) is 11.9 Å². The Labute approximate surface area is 204 Å². The second-order valence-corrected chi connectivity index (χ2v) is 9.53. The quantitative estimate of drug-likeness (QED) is 0.595. The number of pyridine rings is 1. The second kappa shape index (κ2) is 9.14. The van der Waals surface area contributed by atoms with E-state index in [1.165, 1.54) is 0 Å². The summed E-state index contributed by atoms with van der Waals surface area (Å²) in [5.74, 6) is 1.41. The standard InChI is InChI=1S/C26H30N6O3/c1-15-22(34-11-10-28-15)24-30-23-20(25(31-24)32-13-18-6-7-19(14-32)35-18)8-9-21(29-23)16-4-3-5-17(12-16)26(33)27-2/h3-5,8-9,12,15,18-19,22,28H,6-7,10-11,13-14H2,1-2H3,(H,27,33). The lowest BCUT2D eigenvalue weighted by molar-refractivity contribution is -0.00548. The number of hydrogen-bond acceptors (Lipinski definition) is 8. The largest absolute Gasteiger partial charge is 0.371 e. The number of rotatable bonds is 4. The summed E-state index contributed by atoms with van der Waals surface area (Å²) >= 11 is 0. The molecule has 0 saturated carbocycles. The summed E-state index contributed by atoms with van der Waals surface area (Å²) in [6.07, 6.45) is 2.43. The highest BCUT2D eigenvalue weighted by molar-refractivity contribution is 5.95. The van der Waals surface area contributed by atoms with Gasteiger partial charge in [-0.2, -0.15) is 0 Å². The van der Waals surface area contributed by atoms with Crippen molar-refractivity contribution in [3.63, 3.8) is 0 Å². The monoisotopic (exact) mass is 474 g/mol. The fourth-order valence-electron chi connectivity index (χ4n) is 5.31. The molecule has 9 heteroatoms. The molecule has 9 nitrogen and oxygen atoms in total. The average molecular weight is 475 g/mol. The zero-order valence-electron chi connectivity index (χ0n) is 20.0. The summed E-state index contributed by atoms with van der Waals surface area (Å²) in [6, 6.07) is 11.6. The number of nitrogens with zero attached hydrogens (tertiary/aromatic N) is 4. The lowest BCUT2D eigenvalue weighted by Crippen LogP contribution is -2.44. The van der Waals surface area contributed by atoms with Crippen LogP contribution in [0.1, 0.15) is 42.1 Å². The summed E-state index contributed by atoms with van der Waals surface area (Å²) in [5, 5.41) is 7.06. The highest BCUT2D eigenvalue weighted by Crippen LogP contribution is 2.34. The number of hydrogen-bond donors (Lipinski definition) is 2. The first-order valence-electron chi connectivity index (χ1n) is 12.4. The Morgan fingerprint density at radius 2 is 1.94 bits per heavy atom. The Morgan fingerprint density at radius 1 is 1.11 bits per heavy atom. The van der Waals surface area contributed by atoms with E-state index in [-0.39, 0.29) is 30.3 Å². The van der Waals surface area contributed by atoms with Gasteiger partial charge < -0.3 is 25.0 Å². The van der Waals surface area contributed by atoms with Gasteiger partial charge in [-0.3, -0.25) is 4.79 Å². The Hall–Kier alpha value is -3.14. The van der Waals surface area contributed by atoms with Crippen molar-refractivity contribution in [3.8, 4) is 11.3 Å². The number of fused-ring (bicyclic) bond motifs is 3. The number of carbonyl (C=O) groups excluding carboxylic acids is 1. The molecule has 2 aromatic heterocycles. The van der Waals surface area contributed by atoms with Gasteiger partial charge in [-0.25, -0.2) is 15.0 Å². The molecule has 2 bridgehead atoms. The van der Waals surface area contributed by atoms with Crippen molar-refractivity contribution in [1.82, 2.24) is 25.6 Å². The van der Waals surface area contributed by atoms with Gasteiger partial charge >= 0.3 is 0 Å². The minimum Gasteiger partial charge on any atom is -0.371 e. The third kappa shape index (κ3) is 4.24.